The molecule has 76 valence electrons. The number of aromatic nitrogens is 2. The Bertz CT molecular complexity index is 634. The summed E-state index contributed by atoms with van der Waals surface area (Å²) in [6.07, 6.45) is 3.29. The Kier molecular flexibility index (Phi) is 2.41. The zero-order valence-corrected chi connectivity index (χ0v) is 8.68. The molecule has 1 heterocycles. The Balaban J connectivity index is 2.56. The van der Waals surface area contributed by atoms with Gasteiger partial charge in [-0.15, -0.1) is 0 Å². The predicted octanol–water partition coefficient (Wildman–Crippen LogP) is 2.00. The smallest absolute Gasteiger partial charge is 0.130 e. The summed E-state index contributed by atoms with van der Waals surface area (Å²) in [5.41, 5.74) is 2.80. The van der Waals surface area contributed by atoms with Crippen LogP contribution in [0.5, 0.6) is 0 Å². The molecule has 4 nitrogen and oxygen atoms in total. The molecule has 0 atom stereocenters. The Morgan fingerprint density at radius 1 is 1.38 bits per heavy atom. The average Bonchev–Trinajstić information content (AvgIpc) is 2.68. The van der Waals surface area contributed by atoms with Gasteiger partial charge >= 0.3 is 0 Å². The fourth-order valence-corrected chi connectivity index (χ4v) is 1.49. The number of imidazole rings is 1. The molecular weight excluding hydrogens is 200 g/mol. The van der Waals surface area contributed by atoms with Gasteiger partial charge in [0.05, 0.1) is 17.4 Å². The van der Waals surface area contributed by atoms with Gasteiger partial charge in [0.25, 0.3) is 0 Å². The van der Waals surface area contributed by atoms with E-state index in [9.17, 15) is 0 Å². The molecular formula is C12H8N4. The van der Waals surface area contributed by atoms with Crippen LogP contribution in [0.2, 0.25) is 0 Å². The molecule has 0 fully saturated rings. The fraction of sp³-hybridized carbons (Fsp3) is 0.0833. The van der Waals surface area contributed by atoms with Crippen molar-refractivity contribution in [3.63, 3.8) is 0 Å². The SMILES string of the molecule is Cn1cnc2ccc(C=C(C#N)C#N)cc21. The minimum Gasteiger partial charge on any atom is -0.334 e. The molecule has 0 N–H and O–H groups in total. The minimum atomic E-state index is 0.0986. The lowest BCUT2D eigenvalue weighted by molar-refractivity contribution is 0.947. The molecule has 0 unspecified atom stereocenters. The minimum absolute atomic E-state index is 0.0986. The number of nitrogens with zero attached hydrogens (tertiary/aromatic N) is 4. The number of fused-ring (bicyclic) bond motifs is 1. The van der Waals surface area contributed by atoms with Gasteiger partial charge < -0.3 is 4.57 Å². The van der Waals surface area contributed by atoms with Crippen molar-refractivity contribution in [2.45, 2.75) is 0 Å². The van der Waals surface area contributed by atoms with Crippen LogP contribution in [0, 0.1) is 22.7 Å². The molecule has 0 aliphatic carbocycles. The van der Waals surface area contributed by atoms with Crippen LogP contribution in [0.25, 0.3) is 17.1 Å². The molecule has 0 amide bonds. The third-order valence-electron chi connectivity index (χ3n) is 2.30. The van der Waals surface area contributed by atoms with Crippen LogP contribution in [-0.4, -0.2) is 9.55 Å². The lowest BCUT2D eigenvalue weighted by Crippen LogP contribution is -1.84. The van der Waals surface area contributed by atoms with Crippen LogP contribution in [-0.2, 0) is 7.05 Å². The second-order valence-corrected chi connectivity index (χ2v) is 3.39. The number of allylic oxidation sites excluding steroid dienone is 1. The zero-order valence-electron chi connectivity index (χ0n) is 8.68. The normalized spacial score (nSPS) is 9.44. The van der Waals surface area contributed by atoms with Crippen molar-refractivity contribution in [2.24, 2.45) is 7.05 Å². The summed E-state index contributed by atoms with van der Waals surface area (Å²) in [6, 6.07) is 9.27. The summed E-state index contributed by atoms with van der Waals surface area (Å²) in [5, 5.41) is 17.3. The number of aryl methyl sites for hydroxylation is 1. The van der Waals surface area contributed by atoms with E-state index < -0.39 is 0 Å². The lowest BCUT2D eigenvalue weighted by atomic mass is 10.1. The molecule has 0 radical (unpaired) electrons. The van der Waals surface area contributed by atoms with E-state index in [1.807, 2.05) is 42.0 Å². The van der Waals surface area contributed by atoms with Crippen LogP contribution < -0.4 is 0 Å². The summed E-state index contributed by atoms with van der Waals surface area (Å²) in [4.78, 5) is 4.19. The van der Waals surface area contributed by atoms with Gasteiger partial charge in [-0.25, -0.2) is 4.98 Å². The highest BCUT2D eigenvalue weighted by Gasteiger charge is 2.00. The Morgan fingerprint density at radius 3 is 2.81 bits per heavy atom. The van der Waals surface area contributed by atoms with E-state index >= 15 is 0 Å². The Morgan fingerprint density at radius 2 is 2.12 bits per heavy atom. The van der Waals surface area contributed by atoms with Gasteiger partial charge in [0.2, 0.25) is 0 Å². The van der Waals surface area contributed by atoms with Gasteiger partial charge in [0, 0.05) is 7.05 Å². The average molecular weight is 208 g/mol. The number of hydrogen-bond acceptors (Lipinski definition) is 3. The number of benzene rings is 1. The maximum atomic E-state index is 8.66. The topological polar surface area (TPSA) is 65.4 Å². The molecule has 1 aromatic heterocycles. The van der Waals surface area contributed by atoms with E-state index in [0.717, 1.165) is 16.6 Å². The predicted molar refractivity (Wildman–Crippen MR) is 59.9 cm³/mol. The first-order chi connectivity index (χ1) is 7.74. The van der Waals surface area contributed by atoms with Gasteiger partial charge in [0.15, 0.2) is 0 Å². The van der Waals surface area contributed by atoms with Crippen LogP contribution in [0.4, 0.5) is 0 Å². The van der Waals surface area contributed by atoms with E-state index in [1.165, 1.54) is 0 Å². The van der Waals surface area contributed by atoms with Gasteiger partial charge in [-0.3, -0.25) is 0 Å². The maximum absolute atomic E-state index is 8.66. The third-order valence-corrected chi connectivity index (χ3v) is 2.30. The monoisotopic (exact) mass is 208 g/mol. The first kappa shape index (κ1) is 9.95. The quantitative estimate of drug-likeness (QED) is 0.673. The van der Waals surface area contributed by atoms with Crippen molar-refractivity contribution in [1.29, 1.82) is 10.5 Å². The van der Waals surface area contributed by atoms with Crippen molar-refractivity contribution in [3.05, 3.63) is 35.7 Å². The Labute approximate surface area is 92.7 Å². The lowest BCUT2D eigenvalue weighted by Gasteiger charge is -1.96. The molecule has 0 bridgehead atoms. The summed E-state index contributed by atoms with van der Waals surface area (Å²) in [7, 11) is 1.90. The highest BCUT2D eigenvalue weighted by atomic mass is 15.0. The summed E-state index contributed by atoms with van der Waals surface area (Å²) < 4.78 is 1.89. The van der Waals surface area contributed by atoms with Gasteiger partial charge in [0.1, 0.15) is 17.7 Å². The zero-order chi connectivity index (χ0) is 11.5. The number of hydrogen-bond donors (Lipinski definition) is 0. The molecule has 2 aromatic rings. The molecule has 16 heavy (non-hydrogen) atoms. The van der Waals surface area contributed by atoms with Crippen molar-refractivity contribution in [3.8, 4) is 12.1 Å². The van der Waals surface area contributed by atoms with Crippen molar-refractivity contribution in [1.82, 2.24) is 9.55 Å². The fourth-order valence-electron chi connectivity index (χ4n) is 1.49. The summed E-state index contributed by atoms with van der Waals surface area (Å²) in [6.45, 7) is 0. The summed E-state index contributed by atoms with van der Waals surface area (Å²) >= 11 is 0. The number of nitriles is 2. The second-order valence-electron chi connectivity index (χ2n) is 3.39. The van der Waals surface area contributed by atoms with E-state index in [2.05, 4.69) is 4.98 Å². The molecule has 4 heteroatoms. The van der Waals surface area contributed by atoms with Crippen LogP contribution >= 0.6 is 0 Å². The van der Waals surface area contributed by atoms with Gasteiger partial charge in [-0.05, 0) is 23.8 Å². The van der Waals surface area contributed by atoms with E-state index in [-0.39, 0.29) is 5.57 Å². The summed E-state index contributed by atoms with van der Waals surface area (Å²) in [5.74, 6) is 0. The first-order valence-corrected chi connectivity index (χ1v) is 4.67. The van der Waals surface area contributed by atoms with Gasteiger partial charge in [-0.1, -0.05) is 6.07 Å². The molecule has 0 aliphatic rings. The standard InChI is InChI=1S/C12H8N4/c1-16-8-15-11-3-2-9(5-12(11)16)4-10(6-13)7-14/h2-5,8H,1H3. The molecule has 0 saturated carbocycles. The van der Waals surface area contributed by atoms with E-state index in [1.54, 1.807) is 12.4 Å². The van der Waals surface area contributed by atoms with E-state index in [0.29, 0.717) is 0 Å². The van der Waals surface area contributed by atoms with Crippen molar-refractivity contribution < 1.29 is 0 Å². The first-order valence-electron chi connectivity index (χ1n) is 4.67. The molecule has 2 rings (SSSR count). The van der Waals surface area contributed by atoms with Crippen LogP contribution in [0.15, 0.2) is 30.1 Å². The van der Waals surface area contributed by atoms with Crippen molar-refractivity contribution in [2.75, 3.05) is 0 Å². The van der Waals surface area contributed by atoms with Gasteiger partial charge in [-0.2, -0.15) is 10.5 Å². The second kappa shape index (κ2) is 3.88. The van der Waals surface area contributed by atoms with Crippen LogP contribution in [0.1, 0.15) is 5.56 Å². The maximum Gasteiger partial charge on any atom is 0.130 e. The molecule has 0 spiro atoms. The highest BCUT2D eigenvalue weighted by Crippen LogP contribution is 2.15. The highest BCUT2D eigenvalue weighted by molar-refractivity contribution is 5.79. The third kappa shape index (κ3) is 1.65. The number of rotatable bonds is 1. The Hall–Kier alpha value is -2.59. The largest absolute Gasteiger partial charge is 0.334 e. The van der Waals surface area contributed by atoms with Crippen LogP contribution in [0.3, 0.4) is 0 Å². The van der Waals surface area contributed by atoms with Crippen molar-refractivity contribution >= 4 is 17.1 Å². The molecule has 0 aliphatic heterocycles. The molecule has 1 aromatic carbocycles. The van der Waals surface area contributed by atoms with E-state index in [4.69, 9.17) is 10.5 Å². The molecule has 0 saturated heterocycles.